The molecule has 1 atom stereocenters. The molecule has 1 nitrogen and oxygen atoms in total. The summed E-state index contributed by atoms with van der Waals surface area (Å²) in [6.07, 6.45) is 0. The molecule has 2 heteroatoms. The molecule has 68 valence electrons. The third-order valence-electron chi connectivity index (χ3n) is 2.00. The Hall–Kier alpha value is -0.340. The Kier molecular flexibility index (Phi) is 2.59. The lowest BCUT2D eigenvalue weighted by molar-refractivity contribution is 0.331. The molecule has 0 aliphatic carbocycles. The van der Waals surface area contributed by atoms with Crippen molar-refractivity contribution in [3.05, 3.63) is 21.9 Å². The first kappa shape index (κ1) is 9.75. The van der Waals surface area contributed by atoms with Gasteiger partial charge in [0.25, 0.3) is 0 Å². The minimum atomic E-state index is 0.163. The molecule has 1 aromatic rings. The molecule has 0 spiro atoms. The number of rotatable bonds is 1. The predicted octanol–water partition coefficient (Wildman–Crippen LogP) is 3.10. The molecule has 0 aliphatic heterocycles. The van der Waals surface area contributed by atoms with Crippen LogP contribution in [0.2, 0.25) is 0 Å². The SMILES string of the molecule is Cc1ccc(C(N)C(C)(C)C)s1. The Morgan fingerprint density at radius 1 is 1.33 bits per heavy atom. The Balaban J connectivity index is 2.85. The summed E-state index contributed by atoms with van der Waals surface area (Å²) >= 11 is 1.80. The molecule has 1 unspecified atom stereocenters. The highest BCUT2D eigenvalue weighted by molar-refractivity contribution is 7.12. The zero-order valence-corrected chi connectivity index (χ0v) is 9.03. The average molecular weight is 183 g/mol. The van der Waals surface area contributed by atoms with Crippen molar-refractivity contribution in [3.8, 4) is 0 Å². The molecule has 1 rings (SSSR count). The number of nitrogens with two attached hydrogens (primary N) is 1. The molecule has 0 aromatic carbocycles. The van der Waals surface area contributed by atoms with Gasteiger partial charge in [0.05, 0.1) is 0 Å². The molecule has 0 aliphatic rings. The van der Waals surface area contributed by atoms with Crippen LogP contribution in [0.4, 0.5) is 0 Å². The van der Waals surface area contributed by atoms with Crippen LogP contribution >= 0.6 is 11.3 Å². The van der Waals surface area contributed by atoms with Gasteiger partial charge in [0.1, 0.15) is 0 Å². The molecule has 0 fully saturated rings. The van der Waals surface area contributed by atoms with E-state index in [2.05, 4.69) is 39.8 Å². The van der Waals surface area contributed by atoms with Crippen LogP contribution in [-0.2, 0) is 0 Å². The molecule has 0 saturated carbocycles. The van der Waals surface area contributed by atoms with Crippen LogP contribution in [-0.4, -0.2) is 0 Å². The van der Waals surface area contributed by atoms with E-state index in [0.29, 0.717) is 0 Å². The topological polar surface area (TPSA) is 26.0 Å². The second kappa shape index (κ2) is 3.19. The van der Waals surface area contributed by atoms with Crippen LogP contribution in [0.15, 0.2) is 12.1 Å². The van der Waals surface area contributed by atoms with Gasteiger partial charge < -0.3 is 5.73 Å². The molecule has 0 amide bonds. The standard InChI is InChI=1S/C10H17NS/c1-7-5-6-8(12-7)9(11)10(2,3)4/h5-6,9H,11H2,1-4H3. The third kappa shape index (κ3) is 2.08. The molecular formula is C10H17NS. The summed E-state index contributed by atoms with van der Waals surface area (Å²) in [7, 11) is 0. The van der Waals surface area contributed by atoms with E-state index in [4.69, 9.17) is 5.73 Å². The quantitative estimate of drug-likeness (QED) is 0.711. The van der Waals surface area contributed by atoms with Crippen LogP contribution in [0.3, 0.4) is 0 Å². The monoisotopic (exact) mass is 183 g/mol. The van der Waals surface area contributed by atoms with Gasteiger partial charge in [-0.25, -0.2) is 0 Å². The van der Waals surface area contributed by atoms with Crippen molar-refractivity contribution < 1.29 is 0 Å². The Bertz CT molecular complexity index is 257. The maximum Gasteiger partial charge on any atom is 0.0439 e. The van der Waals surface area contributed by atoms with Crippen molar-refractivity contribution in [2.75, 3.05) is 0 Å². The zero-order valence-electron chi connectivity index (χ0n) is 8.22. The molecule has 1 aromatic heterocycles. The van der Waals surface area contributed by atoms with Gasteiger partial charge in [0.2, 0.25) is 0 Å². The summed E-state index contributed by atoms with van der Waals surface area (Å²) < 4.78 is 0. The maximum atomic E-state index is 6.10. The zero-order chi connectivity index (χ0) is 9.35. The fourth-order valence-electron chi connectivity index (χ4n) is 1.05. The van der Waals surface area contributed by atoms with Crippen LogP contribution in [0.1, 0.15) is 36.6 Å². The predicted molar refractivity (Wildman–Crippen MR) is 55.4 cm³/mol. The normalized spacial score (nSPS) is 14.8. The third-order valence-corrected chi connectivity index (χ3v) is 3.08. The van der Waals surface area contributed by atoms with E-state index < -0.39 is 0 Å². The van der Waals surface area contributed by atoms with Gasteiger partial charge in [-0.05, 0) is 24.5 Å². The molecule has 0 radical (unpaired) electrons. The van der Waals surface area contributed by atoms with Gasteiger partial charge in [-0.2, -0.15) is 0 Å². The molecule has 1 heterocycles. The fourth-order valence-corrected chi connectivity index (χ4v) is 2.17. The minimum Gasteiger partial charge on any atom is -0.323 e. The van der Waals surface area contributed by atoms with Crippen LogP contribution < -0.4 is 5.73 Å². The van der Waals surface area contributed by atoms with Crippen LogP contribution in [0, 0.1) is 12.3 Å². The van der Waals surface area contributed by atoms with Gasteiger partial charge in [-0.3, -0.25) is 0 Å². The van der Waals surface area contributed by atoms with E-state index in [1.807, 2.05) is 0 Å². The minimum absolute atomic E-state index is 0.163. The molecule has 12 heavy (non-hydrogen) atoms. The number of hydrogen-bond donors (Lipinski definition) is 1. The van der Waals surface area contributed by atoms with Crippen molar-refractivity contribution in [1.29, 1.82) is 0 Å². The highest BCUT2D eigenvalue weighted by Crippen LogP contribution is 2.33. The van der Waals surface area contributed by atoms with Crippen molar-refractivity contribution in [1.82, 2.24) is 0 Å². The van der Waals surface area contributed by atoms with Gasteiger partial charge in [0.15, 0.2) is 0 Å². The summed E-state index contributed by atoms with van der Waals surface area (Å²) in [5, 5.41) is 0. The van der Waals surface area contributed by atoms with Crippen molar-refractivity contribution >= 4 is 11.3 Å². The van der Waals surface area contributed by atoms with Crippen molar-refractivity contribution in [2.45, 2.75) is 33.7 Å². The largest absolute Gasteiger partial charge is 0.323 e. The summed E-state index contributed by atoms with van der Waals surface area (Å²) in [5.74, 6) is 0. The Morgan fingerprint density at radius 3 is 2.25 bits per heavy atom. The highest BCUT2D eigenvalue weighted by atomic mass is 32.1. The summed E-state index contributed by atoms with van der Waals surface area (Å²) in [4.78, 5) is 2.63. The lowest BCUT2D eigenvalue weighted by atomic mass is 9.87. The molecular weight excluding hydrogens is 166 g/mol. The van der Waals surface area contributed by atoms with Crippen molar-refractivity contribution in [2.24, 2.45) is 11.1 Å². The van der Waals surface area contributed by atoms with Crippen molar-refractivity contribution in [3.63, 3.8) is 0 Å². The lowest BCUT2D eigenvalue weighted by Gasteiger charge is -2.25. The van der Waals surface area contributed by atoms with E-state index in [9.17, 15) is 0 Å². The first-order valence-electron chi connectivity index (χ1n) is 4.23. The Morgan fingerprint density at radius 2 is 1.92 bits per heavy atom. The maximum absolute atomic E-state index is 6.10. The van der Waals surface area contributed by atoms with E-state index in [1.54, 1.807) is 11.3 Å². The average Bonchev–Trinajstić information content (AvgIpc) is 2.32. The molecule has 0 bridgehead atoms. The first-order chi connectivity index (χ1) is 5.41. The van der Waals surface area contributed by atoms with E-state index in [0.717, 1.165) is 0 Å². The van der Waals surface area contributed by atoms with E-state index >= 15 is 0 Å². The Labute approximate surface area is 78.6 Å². The smallest absolute Gasteiger partial charge is 0.0439 e. The number of hydrogen-bond acceptors (Lipinski definition) is 2. The summed E-state index contributed by atoms with van der Waals surface area (Å²) in [6.45, 7) is 8.63. The van der Waals surface area contributed by atoms with E-state index in [-0.39, 0.29) is 11.5 Å². The summed E-state index contributed by atoms with van der Waals surface area (Å²) in [6, 6.07) is 4.43. The lowest BCUT2D eigenvalue weighted by Crippen LogP contribution is -2.25. The second-order valence-electron chi connectivity index (χ2n) is 4.29. The van der Waals surface area contributed by atoms with Crippen LogP contribution in [0.5, 0.6) is 0 Å². The van der Waals surface area contributed by atoms with Gasteiger partial charge in [0, 0.05) is 15.8 Å². The van der Waals surface area contributed by atoms with Gasteiger partial charge >= 0.3 is 0 Å². The van der Waals surface area contributed by atoms with Gasteiger partial charge in [-0.15, -0.1) is 11.3 Å². The molecule has 0 saturated heterocycles. The highest BCUT2D eigenvalue weighted by Gasteiger charge is 2.23. The van der Waals surface area contributed by atoms with Gasteiger partial charge in [-0.1, -0.05) is 20.8 Å². The fraction of sp³-hybridized carbons (Fsp3) is 0.600. The van der Waals surface area contributed by atoms with E-state index in [1.165, 1.54) is 9.75 Å². The molecule has 2 N–H and O–H groups in total. The summed E-state index contributed by atoms with van der Waals surface area (Å²) in [5.41, 5.74) is 6.26. The second-order valence-corrected chi connectivity index (χ2v) is 5.61. The number of thiophene rings is 1. The number of aryl methyl sites for hydroxylation is 1. The van der Waals surface area contributed by atoms with Crippen LogP contribution in [0.25, 0.3) is 0 Å². The first-order valence-corrected chi connectivity index (χ1v) is 5.05.